The Morgan fingerprint density at radius 1 is 1.09 bits per heavy atom. The van der Waals surface area contributed by atoms with E-state index >= 15 is 0 Å². The van der Waals surface area contributed by atoms with E-state index in [1.165, 1.54) is 14.7 Å². The van der Waals surface area contributed by atoms with Crippen molar-refractivity contribution in [2.45, 2.75) is 5.51 Å². The normalized spacial score (nSPS) is 11.4. The molecular weight excluding hydrogens is 448 g/mol. The van der Waals surface area contributed by atoms with Gasteiger partial charge in [-0.25, -0.2) is 0 Å². The minimum absolute atomic E-state index is 0.897. The van der Waals surface area contributed by atoms with Gasteiger partial charge in [-0.2, -0.15) is 21.6 Å². The molecule has 0 saturated carbocycles. The molecule has 0 radical (unpaired) electrons. The lowest BCUT2D eigenvalue weighted by molar-refractivity contribution is -0.0510. The van der Waals surface area contributed by atoms with Crippen LogP contribution < -0.4 is 4.74 Å². The van der Waals surface area contributed by atoms with E-state index in [9.17, 15) is 13.2 Å². The summed E-state index contributed by atoms with van der Waals surface area (Å²) in [4.78, 5) is 0. The van der Waals surface area contributed by atoms with Crippen LogP contribution in [-0.2, 0) is 10.1 Å². The SMILES string of the molecule is COc1ccc(I)c(-c2ccccc2)c1.O=S(=O)(O)C(F)(F)F. The Balaban J connectivity index is 0.000000284. The Kier molecular flexibility index (Phi) is 6.84. The quantitative estimate of drug-likeness (QED) is 0.411. The van der Waals surface area contributed by atoms with Gasteiger partial charge in [0.25, 0.3) is 0 Å². The van der Waals surface area contributed by atoms with Crippen molar-refractivity contribution in [2.24, 2.45) is 0 Å². The van der Waals surface area contributed by atoms with Crippen LogP contribution in [0.1, 0.15) is 0 Å². The fourth-order valence-electron chi connectivity index (χ4n) is 1.47. The van der Waals surface area contributed by atoms with Gasteiger partial charge in [0.2, 0.25) is 0 Å². The molecule has 0 atom stereocenters. The maximum absolute atomic E-state index is 10.7. The molecule has 0 unspecified atom stereocenters. The molecule has 0 aromatic heterocycles. The van der Waals surface area contributed by atoms with Crippen molar-refractivity contribution in [1.29, 1.82) is 0 Å². The molecule has 2 aromatic rings. The van der Waals surface area contributed by atoms with Gasteiger partial charge in [0, 0.05) is 3.57 Å². The highest BCUT2D eigenvalue weighted by Gasteiger charge is 2.44. The molecule has 0 bridgehead atoms. The number of benzene rings is 2. The summed E-state index contributed by atoms with van der Waals surface area (Å²) in [6.07, 6.45) is 0. The molecule has 2 aromatic carbocycles. The fourth-order valence-corrected chi connectivity index (χ4v) is 2.12. The molecule has 23 heavy (non-hydrogen) atoms. The Hall–Kier alpha value is -1.33. The molecular formula is C14H12F3IO4S. The van der Waals surface area contributed by atoms with Crippen molar-refractivity contribution in [1.82, 2.24) is 0 Å². The number of alkyl halides is 3. The first-order valence-corrected chi connectivity index (χ1v) is 8.51. The largest absolute Gasteiger partial charge is 0.522 e. The zero-order valence-corrected chi connectivity index (χ0v) is 14.7. The first-order chi connectivity index (χ1) is 10.6. The molecule has 0 fully saturated rings. The van der Waals surface area contributed by atoms with E-state index < -0.39 is 15.6 Å². The van der Waals surface area contributed by atoms with E-state index in [-0.39, 0.29) is 0 Å². The standard InChI is InChI=1S/C13H11IO.CHF3O3S/c1-15-11-7-8-13(14)12(9-11)10-5-3-2-4-6-10;2-1(3,4)8(5,6)7/h2-9H,1H3;(H,5,6,7). The number of halogens is 4. The summed E-state index contributed by atoms with van der Waals surface area (Å²) < 4.78 is 64.0. The van der Waals surface area contributed by atoms with Gasteiger partial charge in [-0.05, 0) is 51.9 Å². The van der Waals surface area contributed by atoms with E-state index in [2.05, 4.69) is 46.9 Å². The molecule has 0 aliphatic heterocycles. The van der Waals surface area contributed by atoms with Gasteiger partial charge in [-0.3, -0.25) is 4.55 Å². The zero-order valence-electron chi connectivity index (χ0n) is 11.7. The molecule has 0 aliphatic carbocycles. The summed E-state index contributed by atoms with van der Waals surface area (Å²) in [5.41, 5.74) is -3.09. The monoisotopic (exact) mass is 460 g/mol. The van der Waals surface area contributed by atoms with E-state index in [4.69, 9.17) is 17.7 Å². The average molecular weight is 460 g/mol. The molecule has 1 N–H and O–H groups in total. The number of hydrogen-bond acceptors (Lipinski definition) is 3. The molecule has 0 saturated heterocycles. The fraction of sp³-hybridized carbons (Fsp3) is 0.143. The van der Waals surface area contributed by atoms with Gasteiger partial charge < -0.3 is 4.74 Å². The van der Waals surface area contributed by atoms with E-state index in [1.54, 1.807) is 7.11 Å². The smallest absolute Gasteiger partial charge is 0.497 e. The third-order valence-electron chi connectivity index (χ3n) is 2.55. The van der Waals surface area contributed by atoms with Crippen LogP contribution in [0.3, 0.4) is 0 Å². The summed E-state index contributed by atoms with van der Waals surface area (Å²) in [5, 5.41) is 0. The van der Waals surface area contributed by atoms with Crippen molar-refractivity contribution in [3.8, 4) is 16.9 Å². The molecule has 0 heterocycles. The summed E-state index contributed by atoms with van der Waals surface area (Å²) in [6.45, 7) is 0. The third kappa shape index (κ3) is 5.99. The Morgan fingerprint density at radius 3 is 2.04 bits per heavy atom. The first-order valence-electron chi connectivity index (χ1n) is 5.99. The van der Waals surface area contributed by atoms with E-state index in [1.807, 2.05) is 24.3 Å². The van der Waals surface area contributed by atoms with Crippen LogP contribution in [0, 0.1) is 3.57 Å². The maximum Gasteiger partial charge on any atom is 0.522 e. The van der Waals surface area contributed by atoms with Crippen LogP contribution in [0.2, 0.25) is 0 Å². The molecule has 9 heteroatoms. The molecule has 126 valence electrons. The summed E-state index contributed by atoms with van der Waals surface area (Å²) in [7, 11) is -4.15. The molecule has 0 amide bonds. The van der Waals surface area contributed by atoms with Gasteiger partial charge in [-0.1, -0.05) is 30.3 Å². The van der Waals surface area contributed by atoms with Gasteiger partial charge in [-0.15, -0.1) is 0 Å². The van der Waals surface area contributed by atoms with Crippen molar-refractivity contribution in [2.75, 3.05) is 7.11 Å². The minimum Gasteiger partial charge on any atom is -0.497 e. The number of hydrogen-bond donors (Lipinski definition) is 1. The second-order valence-electron chi connectivity index (χ2n) is 4.13. The maximum atomic E-state index is 10.7. The van der Waals surface area contributed by atoms with Crippen LogP contribution >= 0.6 is 22.6 Å². The Morgan fingerprint density at radius 2 is 1.61 bits per heavy atom. The lowest BCUT2D eigenvalue weighted by Gasteiger charge is -2.07. The topological polar surface area (TPSA) is 63.6 Å². The van der Waals surface area contributed by atoms with Gasteiger partial charge in [0.1, 0.15) is 5.75 Å². The lowest BCUT2D eigenvalue weighted by atomic mass is 10.1. The number of rotatable bonds is 2. The highest BCUT2D eigenvalue weighted by Crippen LogP contribution is 2.28. The van der Waals surface area contributed by atoms with Gasteiger partial charge in [0.15, 0.2) is 0 Å². The van der Waals surface area contributed by atoms with Crippen molar-refractivity contribution < 1.29 is 30.9 Å². The molecule has 0 spiro atoms. The van der Waals surface area contributed by atoms with Gasteiger partial charge >= 0.3 is 15.6 Å². The predicted molar refractivity (Wildman–Crippen MR) is 88.8 cm³/mol. The summed E-state index contributed by atoms with van der Waals surface area (Å²) in [5.74, 6) is 0.897. The van der Waals surface area contributed by atoms with E-state index in [0.29, 0.717) is 0 Å². The molecule has 2 rings (SSSR count). The second-order valence-corrected chi connectivity index (χ2v) is 6.71. The number of ether oxygens (including phenoxy) is 1. The second kappa shape index (κ2) is 7.97. The first kappa shape index (κ1) is 19.7. The van der Waals surface area contributed by atoms with Crippen molar-refractivity contribution >= 4 is 32.7 Å². The van der Waals surface area contributed by atoms with E-state index in [0.717, 1.165) is 5.75 Å². The lowest BCUT2D eigenvalue weighted by Crippen LogP contribution is -2.21. The van der Waals surface area contributed by atoms with Crippen LogP contribution in [0.4, 0.5) is 13.2 Å². The van der Waals surface area contributed by atoms with Crippen LogP contribution in [0.25, 0.3) is 11.1 Å². The highest BCUT2D eigenvalue weighted by molar-refractivity contribution is 14.1. The average Bonchev–Trinajstić information content (AvgIpc) is 2.47. The van der Waals surface area contributed by atoms with Crippen molar-refractivity contribution in [3.05, 3.63) is 52.1 Å². The van der Waals surface area contributed by atoms with Crippen LogP contribution in [0.15, 0.2) is 48.5 Å². The molecule has 0 aliphatic rings. The third-order valence-corrected chi connectivity index (χ3v) is 4.08. The molecule has 4 nitrogen and oxygen atoms in total. The van der Waals surface area contributed by atoms with Crippen LogP contribution in [0.5, 0.6) is 5.75 Å². The van der Waals surface area contributed by atoms with Gasteiger partial charge in [0.05, 0.1) is 7.11 Å². The number of methoxy groups -OCH3 is 1. The predicted octanol–water partition coefficient (Wildman–Crippen LogP) is 4.36. The Labute approximate surface area is 145 Å². The zero-order chi connectivity index (χ0) is 17.7. The summed E-state index contributed by atoms with van der Waals surface area (Å²) in [6, 6.07) is 16.5. The summed E-state index contributed by atoms with van der Waals surface area (Å²) >= 11 is 2.34. The van der Waals surface area contributed by atoms with Crippen LogP contribution in [-0.4, -0.2) is 25.6 Å². The Bertz CT molecular complexity index is 746. The highest BCUT2D eigenvalue weighted by atomic mass is 127. The van der Waals surface area contributed by atoms with Crippen molar-refractivity contribution in [3.63, 3.8) is 0 Å². The minimum atomic E-state index is -5.84.